The molecular formula is C16H15NO4S. The molecule has 1 aromatic carbocycles. The van der Waals surface area contributed by atoms with Crippen LogP contribution in [0.3, 0.4) is 0 Å². The molecular weight excluding hydrogens is 302 g/mol. The van der Waals surface area contributed by atoms with Gasteiger partial charge in [-0.15, -0.1) is 11.3 Å². The molecule has 0 amide bonds. The van der Waals surface area contributed by atoms with Gasteiger partial charge in [0.2, 0.25) is 0 Å². The van der Waals surface area contributed by atoms with E-state index in [4.69, 9.17) is 4.74 Å². The average Bonchev–Trinajstić information content (AvgIpc) is 2.97. The van der Waals surface area contributed by atoms with Crippen LogP contribution in [0.15, 0.2) is 30.3 Å². The first kappa shape index (κ1) is 14.7. The number of esters is 1. The number of nitro benzene ring substituents is 1. The molecule has 1 heterocycles. The Kier molecular flexibility index (Phi) is 4.20. The van der Waals surface area contributed by atoms with Crippen molar-refractivity contribution in [3.05, 3.63) is 61.3 Å². The highest BCUT2D eigenvalue weighted by Crippen LogP contribution is 2.30. The molecule has 0 fully saturated rings. The number of nitrogens with zero attached hydrogens (tertiary/aromatic N) is 1. The van der Waals surface area contributed by atoms with Crippen molar-refractivity contribution < 1.29 is 14.5 Å². The third kappa shape index (κ3) is 3.17. The first-order chi connectivity index (χ1) is 10.6. The summed E-state index contributed by atoms with van der Waals surface area (Å²) in [5.74, 6) is -0.356. The van der Waals surface area contributed by atoms with Gasteiger partial charge in [-0.1, -0.05) is 12.1 Å². The molecule has 22 heavy (non-hydrogen) atoms. The van der Waals surface area contributed by atoms with Crippen molar-refractivity contribution in [1.29, 1.82) is 0 Å². The number of fused-ring (bicyclic) bond motifs is 1. The second-order valence-corrected chi connectivity index (χ2v) is 6.41. The smallest absolute Gasteiger partial charge is 0.348 e. The topological polar surface area (TPSA) is 69.4 Å². The van der Waals surface area contributed by atoms with Crippen LogP contribution in [0, 0.1) is 10.1 Å². The van der Waals surface area contributed by atoms with Gasteiger partial charge in [-0.3, -0.25) is 10.1 Å². The van der Waals surface area contributed by atoms with Crippen LogP contribution in [0.4, 0.5) is 5.69 Å². The van der Waals surface area contributed by atoms with Crippen molar-refractivity contribution in [1.82, 2.24) is 0 Å². The van der Waals surface area contributed by atoms with Crippen LogP contribution in [0.5, 0.6) is 0 Å². The summed E-state index contributed by atoms with van der Waals surface area (Å²) >= 11 is 1.50. The van der Waals surface area contributed by atoms with E-state index >= 15 is 0 Å². The number of benzene rings is 1. The normalized spacial score (nSPS) is 13.5. The quantitative estimate of drug-likeness (QED) is 0.487. The molecule has 3 rings (SSSR count). The van der Waals surface area contributed by atoms with Crippen LogP contribution < -0.4 is 0 Å². The highest BCUT2D eigenvalue weighted by atomic mass is 32.1. The Bertz CT molecular complexity index is 699. The van der Waals surface area contributed by atoms with Crippen molar-refractivity contribution in [3.63, 3.8) is 0 Å². The first-order valence-electron chi connectivity index (χ1n) is 7.15. The largest absolute Gasteiger partial charge is 0.457 e. The minimum Gasteiger partial charge on any atom is -0.457 e. The van der Waals surface area contributed by atoms with E-state index in [9.17, 15) is 14.9 Å². The van der Waals surface area contributed by atoms with E-state index in [1.54, 1.807) is 12.1 Å². The van der Waals surface area contributed by atoms with Crippen LogP contribution in [0.1, 0.15) is 38.5 Å². The number of hydrogen-bond donors (Lipinski definition) is 0. The lowest BCUT2D eigenvalue weighted by Crippen LogP contribution is -2.03. The van der Waals surface area contributed by atoms with Crippen molar-refractivity contribution in [3.8, 4) is 0 Å². The molecule has 0 aliphatic heterocycles. The fourth-order valence-electron chi connectivity index (χ4n) is 2.57. The van der Waals surface area contributed by atoms with Gasteiger partial charge in [0.15, 0.2) is 0 Å². The molecule has 0 bridgehead atoms. The summed E-state index contributed by atoms with van der Waals surface area (Å²) < 4.78 is 5.28. The zero-order valence-electron chi connectivity index (χ0n) is 11.9. The van der Waals surface area contributed by atoms with Gasteiger partial charge in [0.1, 0.15) is 11.5 Å². The predicted octanol–water partition coefficient (Wildman–Crippen LogP) is 3.89. The minimum atomic E-state index is -0.460. The molecule has 1 aliphatic rings. The number of thiophene rings is 1. The predicted molar refractivity (Wildman–Crippen MR) is 83.2 cm³/mol. The summed E-state index contributed by atoms with van der Waals surface area (Å²) in [4.78, 5) is 24.3. The molecule has 2 aromatic rings. The fraction of sp³-hybridized carbons (Fsp3) is 0.312. The number of aryl methyl sites for hydroxylation is 2. The zero-order valence-corrected chi connectivity index (χ0v) is 12.7. The monoisotopic (exact) mass is 317 g/mol. The maximum atomic E-state index is 12.1. The molecule has 114 valence electrons. The second-order valence-electron chi connectivity index (χ2n) is 5.27. The van der Waals surface area contributed by atoms with Gasteiger partial charge >= 0.3 is 5.97 Å². The van der Waals surface area contributed by atoms with Crippen LogP contribution in [-0.4, -0.2) is 10.9 Å². The second kappa shape index (κ2) is 6.27. The molecule has 0 saturated carbocycles. The lowest BCUT2D eigenvalue weighted by molar-refractivity contribution is -0.384. The number of rotatable bonds is 4. The Morgan fingerprint density at radius 1 is 1.27 bits per heavy atom. The zero-order chi connectivity index (χ0) is 15.5. The molecule has 0 atom stereocenters. The summed E-state index contributed by atoms with van der Waals surface area (Å²) in [7, 11) is 0. The highest BCUT2D eigenvalue weighted by Gasteiger charge is 2.18. The molecule has 0 saturated heterocycles. The van der Waals surface area contributed by atoms with Gasteiger partial charge in [0.25, 0.3) is 5.69 Å². The number of nitro groups is 1. The van der Waals surface area contributed by atoms with Crippen LogP contribution in [0.2, 0.25) is 0 Å². The van der Waals surface area contributed by atoms with Gasteiger partial charge < -0.3 is 4.74 Å². The molecule has 0 N–H and O–H groups in total. The summed E-state index contributed by atoms with van der Waals surface area (Å²) in [5, 5.41) is 10.7. The van der Waals surface area contributed by atoms with E-state index in [2.05, 4.69) is 0 Å². The van der Waals surface area contributed by atoms with Crippen molar-refractivity contribution in [2.24, 2.45) is 0 Å². The molecule has 1 aliphatic carbocycles. The van der Waals surface area contributed by atoms with Crippen LogP contribution in [-0.2, 0) is 24.2 Å². The summed E-state index contributed by atoms with van der Waals surface area (Å²) in [6, 6.07) is 8.06. The lowest BCUT2D eigenvalue weighted by atomic mass is 9.99. The first-order valence-corrected chi connectivity index (χ1v) is 7.97. The van der Waals surface area contributed by atoms with Crippen molar-refractivity contribution >= 4 is 23.0 Å². The van der Waals surface area contributed by atoms with Gasteiger partial charge in [-0.05, 0) is 42.9 Å². The van der Waals surface area contributed by atoms with E-state index in [0.29, 0.717) is 10.4 Å². The average molecular weight is 317 g/mol. The van der Waals surface area contributed by atoms with Crippen molar-refractivity contribution in [2.75, 3.05) is 0 Å². The lowest BCUT2D eigenvalue weighted by Gasteiger charge is -2.08. The number of hydrogen-bond acceptors (Lipinski definition) is 5. The van der Waals surface area contributed by atoms with E-state index in [0.717, 1.165) is 12.8 Å². The number of non-ortho nitro benzene ring substituents is 1. The van der Waals surface area contributed by atoms with Gasteiger partial charge in [-0.2, -0.15) is 0 Å². The molecule has 5 nitrogen and oxygen atoms in total. The Morgan fingerprint density at radius 3 is 2.86 bits per heavy atom. The highest BCUT2D eigenvalue weighted by molar-refractivity contribution is 7.14. The summed E-state index contributed by atoms with van der Waals surface area (Å²) in [5.41, 5.74) is 1.88. The number of carbonyl (C=O) groups is 1. The Morgan fingerprint density at radius 2 is 2.09 bits per heavy atom. The van der Waals surface area contributed by atoms with Gasteiger partial charge in [0.05, 0.1) is 4.92 Å². The van der Waals surface area contributed by atoms with Gasteiger partial charge in [-0.25, -0.2) is 4.79 Å². The van der Waals surface area contributed by atoms with Crippen molar-refractivity contribution in [2.45, 2.75) is 32.3 Å². The summed E-state index contributed by atoms with van der Waals surface area (Å²) in [6.45, 7) is 0.0447. The van der Waals surface area contributed by atoms with Gasteiger partial charge in [0, 0.05) is 17.0 Å². The summed E-state index contributed by atoms with van der Waals surface area (Å²) in [6.07, 6.45) is 4.42. The Labute approximate surface area is 131 Å². The van der Waals surface area contributed by atoms with E-state index in [1.165, 1.54) is 46.8 Å². The molecule has 0 radical (unpaired) electrons. The number of carbonyl (C=O) groups excluding carboxylic acids is 1. The SMILES string of the molecule is O=C(OCc1cccc([N+](=O)[O-])c1)c1cc2c(s1)CCCC2. The van der Waals surface area contributed by atoms with Crippen LogP contribution in [0.25, 0.3) is 0 Å². The maximum absolute atomic E-state index is 12.1. The Hall–Kier alpha value is -2.21. The van der Waals surface area contributed by atoms with E-state index in [1.807, 2.05) is 6.07 Å². The standard InChI is InChI=1S/C16H15NO4S/c18-16(15-9-12-5-1-2-7-14(12)22-15)21-10-11-4-3-6-13(8-11)17(19)20/h3-4,6,8-9H,1-2,5,7,10H2. The number of ether oxygens (including phenoxy) is 1. The van der Waals surface area contributed by atoms with Crippen LogP contribution >= 0.6 is 11.3 Å². The third-order valence-corrected chi connectivity index (χ3v) is 4.91. The van der Waals surface area contributed by atoms with E-state index in [-0.39, 0.29) is 18.3 Å². The van der Waals surface area contributed by atoms with E-state index < -0.39 is 4.92 Å². The maximum Gasteiger partial charge on any atom is 0.348 e. The molecule has 0 spiro atoms. The molecule has 0 unspecified atom stereocenters. The molecule has 1 aromatic heterocycles. The minimum absolute atomic E-state index is 0.000127. The fourth-order valence-corrected chi connectivity index (χ4v) is 3.72. The molecule has 6 heteroatoms. The third-order valence-electron chi connectivity index (χ3n) is 3.69. The Balaban J connectivity index is 1.66.